The van der Waals surface area contributed by atoms with E-state index in [9.17, 15) is 22.0 Å². The number of nitrogens with zero attached hydrogens (tertiary/aromatic N) is 2. The van der Waals surface area contributed by atoms with E-state index >= 15 is 0 Å². The molecule has 3 aromatic rings. The van der Waals surface area contributed by atoms with Gasteiger partial charge in [-0.3, -0.25) is 4.98 Å². The van der Waals surface area contributed by atoms with Gasteiger partial charge in [0.1, 0.15) is 5.82 Å². The molecule has 0 unspecified atom stereocenters. The first-order valence-corrected chi connectivity index (χ1v) is 8.38. The molecule has 1 heterocycles. The van der Waals surface area contributed by atoms with Crippen molar-refractivity contribution < 1.29 is 31.4 Å². The lowest BCUT2D eigenvalue weighted by atomic mass is 10.2. The number of anilines is 2. The van der Waals surface area contributed by atoms with Crippen molar-refractivity contribution in [1.29, 1.82) is 0 Å². The molecule has 0 aliphatic rings. The van der Waals surface area contributed by atoms with E-state index in [0.717, 1.165) is 17.7 Å². The Hall–Kier alpha value is -3.36. The fourth-order valence-electron chi connectivity index (χ4n) is 2.70. The molecule has 0 fully saturated rings. The van der Waals surface area contributed by atoms with Crippen LogP contribution in [0.4, 0.5) is 33.3 Å². The molecule has 3 rings (SSSR count). The maximum atomic E-state index is 13.8. The first kappa shape index (κ1) is 20.4. The van der Waals surface area contributed by atoms with Crippen molar-refractivity contribution in [3.05, 3.63) is 78.4 Å². The van der Waals surface area contributed by atoms with Crippen molar-refractivity contribution in [2.75, 3.05) is 4.90 Å². The van der Waals surface area contributed by atoms with E-state index < -0.39 is 30.5 Å². The molecule has 0 bridgehead atoms. The first-order valence-electron chi connectivity index (χ1n) is 8.38. The Morgan fingerprint density at radius 1 is 0.828 bits per heavy atom. The molecule has 0 spiro atoms. The van der Waals surface area contributed by atoms with Gasteiger partial charge in [0.25, 0.3) is 0 Å². The van der Waals surface area contributed by atoms with Crippen LogP contribution in [0.5, 0.6) is 11.5 Å². The lowest BCUT2D eigenvalue weighted by molar-refractivity contribution is -0.0692. The molecule has 0 aliphatic carbocycles. The molecule has 4 nitrogen and oxygen atoms in total. The van der Waals surface area contributed by atoms with Gasteiger partial charge in [0, 0.05) is 36.4 Å². The summed E-state index contributed by atoms with van der Waals surface area (Å²) >= 11 is 0. The van der Waals surface area contributed by atoms with E-state index in [4.69, 9.17) is 0 Å². The van der Waals surface area contributed by atoms with E-state index in [-0.39, 0.29) is 6.54 Å². The predicted octanol–water partition coefficient (Wildman–Crippen LogP) is 5.76. The Morgan fingerprint density at radius 2 is 1.55 bits per heavy atom. The Labute approximate surface area is 163 Å². The molecule has 0 N–H and O–H groups in total. The molecular weight excluding hydrogens is 395 g/mol. The number of hydrogen-bond donors (Lipinski definition) is 0. The van der Waals surface area contributed by atoms with Crippen molar-refractivity contribution in [1.82, 2.24) is 4.98 Å². The highest BCUT2D eigenvalue weighted by molar-refractivity contribution is 5.66. The Morgan fingerprint density at radius 3 is 2.21 bits per heavy atom. The van der Waals surface area contributed by atoms with Crippen molar-refractivity contribution in [2.45, 2.75) is 19.8 Å². The normalized spacial score (nSPS) is 11.0. The van der Waals surface area contributed by atoms with E-state index in [1.54, 1.807) is 35.5 Å². The Bertz CT molecular complexity index is 941. The smallest absolute Gasteiger partial charge is 0.387 e. The number of ether oxygens (including phenoxy) is 2. The van der Waals surface area contributed by atoms with Crippen LogP contribution in [0.2, 0.25) is 0 Å². The van der Waals surface area contributed by atoms with Crippen LogP contribution in [0.25, 0.3) is 0 Å². The molecular formula is C20H15F5N2O2. The highest BCUT2D eigenvalue weighted by Gasteiger charge is 2.19. The SMILES string of the molecule is Fc1cccc(N(Cc2cccnc2)c2ccc(OC(F)F)c(OC(F)F)c2)c1. The third kappa shape index (κ3) is 5.56. The molecule has 9 heteroatoms. The van der Waals surface area contributed by atoms with Gasteiger partial charge < -0.3 is 14.4 Å². The van der Waals surface area contributed by atoms with E-state index in [0.29, 0.717) is 11.4 Å². The Balaban J connectivity index is 2.04. The second-order valence-electron chi connectivity index (χ2n) is 5.82. The molecule has 152 valence electrons. The topological polar surface area (TPSA) is 34.6 Å². The average molecular weight is 410 g/mol. The van der Waals surface area contributed by atoms with Crippen molar-refractivity contribution in [3.8, 4) is 11.5 Å². The van der Waals surface area contributed by atoms with Crippen LogP contribution >= 0.6 is 0 Å². The molecule has 0 atom stereocenters. The second kappa shape index (κ2) is 9.22. The van der Waals surface area contributed by atoms with Gasteiger partial charge >= 0.3 is 13.2 Å². The van der Waals surface area contributed by atoms with Crippen molar-refractivity contribution in [2.24, 2.45) is 0 Å². The molecule has 2 aromatic carbocycles. The van der Waals surface area contributed by atoms with Crippen molar-refractivity contribution >= 4 is 11.4 Å². The molecule has 0 radical (unpaired) electrons. The minimum atomic E-state index is -3.24. The fraction of sp³-hybridized carbons (Fsp3) is 0.150. The van der Waals surface area contributed by atoms with Crippen LogP contribution in [-0.2, 0) is 6.54 Å². The summed E-state index contributed by atoms with van der Waals surface area (Å²) in [5, 5.41) is 0. The van der Waals surface area contributed by atoms with E-state index in [1.807, 2.05) is 0 Å². The van der Waals surface area contributed by atoms with Gasteiger partial charge in [-0.25, -0.2) is 4.39 Å². The van der Waals surface area contributed by atoms with Gasteiger partial charge in [0.15, 0.2) is 11.5 Å². The highest BCUT2D eigenvalue weighted by atomic mass is 19.3. The quantitative estimate of drug-likeness (QED) is 0.442. The zero-order valence-electron chi connectivity index (χ0n) is 14.8. The van der Waals surface area contributed by atoms with Gasteiger partial charge in [0.05, 0.1) is 0 Å². The van der Waals surface area contributed by atoms with Crippen LogP contribution in [0.3, 0.4) is 0 Å². The number of benzene rings is 2. The number of hydrogen-bond acceptors (Lipinski definition) is 4. The van der Waals surface area contributed by atoms with Crippen LogP contribution < -0.4 is 14.4 Å². The average Bonchev–Trinajstić information content (AvgIpc) is 2.67. The summed E-state index contributed by atoms with van der Waals surface area (Å²) < 4.78 is 73.0. The standard InChI is InChI=1S/C20H15F5N2O2/c21-14-4-1-5-15(9-14)27(12-13-3-2-8-26-11-13)16-6-7-17(28-19(22)23)18(10-16)29-20(24)25/h1-11,19-20H,12H2. The summed E-state index contributed by atoms with van der Waals surface area (Å²) in [6, 6.07) is 12.7. The summed E-state index contributed by atoms with van der Waals surface area (Å²) in [6.45, 7) is -6.25. The van der Waals surface area contributed by atoms with Crippen LogP contribution in [0.1, 0.15) is 5.56 Å². The van der Waals surface area contributed by atoms with Crippen LogP contribution in [0.15, 0.2) is 67.0 Å². The number of aromatic nitrogens is 1. The monoisotopic (exact) mass is 410 g/mol. The minimum Gasteiger partial charge on any atom is -0.431 e. The highest BCUT2D eigenvalue weighted by Crippen LogP contribution is 2.37. The first-order chi connectivity index (χ1) is 13.9. The van der Waals surface area contributed by atoms with E-state index in [1.165, 1.54) is 24.3 Å². The summed E-state index contributed by atoms with van der Waals surface area (Å²) in [6.07, 6.45) is 3.18. The van der Waals surface area contributed by atoms with E-state index in [2.05, 4.69) is 14.5 Å². The minimum absolute atomic E-state index is 0.209. The molecule has 29 heavy (non-hydrogen) atoms. The molecule has 0 aliphatic heterocycles. The predicted molar refractivity (Wildman–Crippen MR) is 96.2 cm³/mol. The number of rotatable bonds is 8. The van der Waals surface area contributed by atoms with Gasteiger partial charge in [-0.05, 0) is 42.0 Å². The summed E-state index contributed by atoms with van der Waals surface area (Å²) in [7, 11) is 0. The second-order valence-corrected chi connectivity index (χ2v) is 5.82. The van der Waals surface area contributed by atoms with Gasteiger partial charge in [-0.1, -0.05) is 12.1 Å². The molecule has 0 amide bonds. The van der Waals surface area contributed by atoms with Crippen molar-refractivity contribution in [3.63, 3.8) is 0 Å². The van der Waals surface area contributed by atoms with Gasteiger partial charge in [-0.15, -0.1) is 0 Å². The Kier molecular flexibility index (Phi) is 6.48. The maximum absolute atomic E-state index is 13.8. The summed E-state index contributed by atoms with van der Waals surface area (Å²) in [5.74, 6) is -1.60. The maximum Gasteiger partial charge on any atom is 0.387 e. The van der Waals surface area contributed by atoms with Gasteiger partial charge in [-0.2, -0.15) is 17.6 Å². The van der Waals surface area contributed by atoms with Crippen LogP contribution in [-0.4, -0.2) is 18.2 Å². The third-order valence-electron chi connectivity index (χ3n) is 3.85. The molecule has 0 saturated carbocycles. The number of pyridine rings is 1. The molecule has 1 aromatic heterocycles. The number of alkyl halides is 4. The zero-order chi connectivity index (χ0) is 20.8. The third-order valence-corrected chi connectivity index (χ3v) is 3.85. The lowest BCUT2D eigenvalue weighted by Gasteiger charge is -2.26. The summed E-state index contributed by atoms with van der Waals surface area (Å²) in [5.41, 5.74) is 1.47. The van der Waals surface area contributed by atoms with Gasteiger partial charge in [0.2, 0.25) is 0 Å². The zero-order valence-corrected chi connectivity index (χ0v) is 14.8. The lowest BCUT2D eigenvalue weighted by Crippen LogP contribution is -2.17. The fourth-order valence-corrected chi connectivity index (χ4v) is 2.70. The summed E-state index contributed by atoms with van der Waals surface area (Å²) in [4.78, 5) is 5.62. The van der Waals surface area contributed by atoms with Crippen LogP contribution in [0, 0.1) is 5.82 Å². The molecule has 0 saturated heterocycles. The largest absolute Gasteiger partial charge is 0.431 e. The number of halogens is 5.